The van der Waals surface area contributed by atoms with E-state index < -0.39 is 0 Å². The summed E-state index contributed by atoms with van der Waals surface area (Å²) in [6.45, 7) is 4.08. The molecule has 0 aliphatic carbocycles. The molecular formula is C19H20FN5O2. The van der Waals surface area contributed by atoms with Crippen molar-refractivity contribution in [3.63, 3.8) is 0 Å². The Morgan fingerprint density at radius 1 is 1.48 bits per heavy atom. The zero-order valence-corrected chi connectivity index (χ0v) is 15.1. The quantitative estimate of drug-likeness (QED) is 0.668. The van der Waals surface area contributed by atoms with Crippen molar-refractivity contribution in [2.24, 2.45) is 5.18 Å². The van der Waals surface area contributed by atoms with Gasteiger partial charge in [-0.2, -0.15) is 10.0 Å². The smallest absolute Gasteiger partial charge is 0.160 e. The minimum atomic E-state index is -0.301. The Hall–Kier alpha value is -3.03. The monoisotopic (exact) mass is 369 g/mol. The maximum absolute atomic E-state index is 14.1. The van der Waals surface area contributed by atoms with Crippen LogP contribution in [-0.2, 0) is 6.42 Å². The summed E-state index contributed by atoms with van der Waals surface area (Å²) in [6.07, 6.45) is 4.56. The topological polar surface area (TPSA) is 80.9 Å². The number of aryl methyl sites for hydroxylation is 1. The van der Waals surface area contributed by atoms with Crippen LogP contribution in [0.5, 0.6) is 5.75 Å². The standard InChI is InChI=1S/C19H20FN5O2/c1-11-10-21-25-6-4-17(24-19(11)25)23-12(2)16-9-14(20)7-13-8-15(3-5-22-26)27-18(13)16/h4,6-7,9-10,12,15H,3,5,8H2,1-2H3,(H,23,24)/t12-,15+/m1/s1. The number of nitroso groups, excluding NO2 is 1. The lowest BCUT2D eigenvalue weighted by molar-refractivity contribution is 0.222. The lowest BCUT2D eigenvalue weighted by Crippen LogP contribution is -2.15. The molecule has 3 aromatic rings. The predicted molar refractivity (Wildman–Crippen MR) is 99.6 cm³/mol. The molecule has 1 N–H and O–H groups in total. The maximum atomic E-state index is 14.1. The first-order valence-electron chi connectivity index (χ1n) is 8.90. The number of nitrogens with one attached hydrogen (secondary N) is 1. The number of hydrogen-bond donors (Lipinski definition) is 1. The van der Waals surface area contributed by atoms with E-state index in [0.717, 1.165) is 22.3 Å². The van der Waals surface area contributed by atoms with E-state index in [1.54, 1.807) is 10.7 Å². The highest BCUT2D eigenvalue weighted by Crippen LogP contribution is 2.38. The molecule has 2 aromatic heterocycles. The van der Waals surface area contributed by atoms with Gasteiger partial charge in [-0.1, -0.05) is 5.18 Å². The second kappa shape index (κ2) is 6.94. The molecule has 0 unspecified atom stereocenters. The van der Waals surface area contributed by atoms with E-state index in [1.165, 1.54) is 12.1 Å². The summed E-state index contributed by atoms with van der Waals surface area (Å²) in [5.41, 5.74) is 3.31. The first-order valence-corrected chi connectivity index (χ1v) is 8.90. The molecule has 27 heavy (non-hydrogen) atoms. The maximum Gasteiger partial charge on any atom is 0.160 e. The Kier molecular flexibility index (Phi) is 4.47. The third kappa shape index (κ3) is 3.34. The molecule has 0 fully saturated rings. The van der Waals surface area contributed by atoms with E-state index in [0.29, 0.717) is 24.4 Å². The van der Waals surface area contributed by atoms with Crippen molar-refractivity contribution in [2.75, 3.05) is 11.9 Å². The lowest BCUT2D eigenvalue weighted by atomic mass is 10.0. The van der Waals surface area contributed by atoms with Crippen LogP contribution < -0.4 is 10.1 Å². The summed E-state index contributed by atoms with van der Waals surface area (Å²) < 4.78 is 21.8. The fourth-order valence-corrected chi connectivity index (χ4v) is 3.46. The minimum absolute atomic E-state index is 0.144. The van der Waals surface area contributed by atoms with Gasteiger partial charge in [0, 0.05) is 35.7 Å². The summed E-state index contributed by atoms with van der Waals surface area (Å²) in [5, 5.41) is 10.4. The molecule has 140 valence electrons. The summed E-state index contributed by atoms with van der Waals surface area (Å²) in [5.74, 6) is 1.07. The third-order valence-electron chi connectivity index (χ3n) is 4.81. The molecule has 4 rings (SSSR count). The van der Waals surface area contributed by atoms with Crippen LogP contribution in [0.25, 0.3) is 5.65 Å². The van der Waals surface area contributed by atoms with Crippen LogP contribution in [0.4, 0.5) is 10.2 Å². The summed E-state index contributed by atoms with van der Waals surface area (Å²) >= 11 is 0. The van der Waals surface area contributed by atoms with E-state index in [9.17, 15) is 9.30 Å². The molecule has 2 atom stereocenters. The Morgan fingerprint density at radius 3 is 3.15 bits per heavy atom. The number of rotatable bonds is 6. The number of anilines is 1. The number of aromatic nitrogens is 3. The van der Waals surface area contributed by atoms with Crippen LogP contribution >= 0.6 is 0 Å². The summed E-state index contributed by atoms with van der Waals surface area (Å²) in [6, 6.07) is 4.60. The predicted octanol–water partition coefficient (Wildman–Crippen LogP) is 3.81. The van der Waals surface area contributed by atoms with E-state index in [-0.39, 0.29) is 24.5 Å². The highest BCUT2D eigenvalue weighted by atomic mass is 19.1. The van der Waals surface area contributed by atoms with E-state index in [4.69, 9.17) is 4.74 Å². The second-order valence-electron chi connectivity index (χ2n) is 6.84. The van der Waals surface area contributed by atoms with Gasteiger partial charge in [-0.05, 0) is 32.0 Å². The number of nitrogens with zero attached hydrogens (tertiary/aromatic N) is 4. The van der Waals surface area contributed by atoms with Gasteiger partial charge in [0.15, 0.2) is 5.65 Å². The first kappa shape index (κ1) is 17.4. The normalized spacial score (nSPS) is 16.8. The van der Waals surface area contributed by atoms with Gasteiger partial charge in [-0.25, -0.2) is 13.9 Å². The molecule has 7 nitrogen and oxygen atoms in total. The molecule has 0 spiro atoms. The molecular weight excluding hydrogens is 349 g/mol. The van der Waals surface area contributed by atoms with Crippen molar-refractivity contribution in [1.29, 1.82) is 0 Å². The fraction of sp³-hybridized carbons (Fsp3) is 0.368. The van der Waals surface area contributed by atoms with Crippen molar-refractivity contribution in [3.8, 4) is 5.75 Å². The molecule has 1 aromatic carbocycles. The Labute approximate surface area is 155 Å². The van der Waals surface area contributed by atoms with Gasteiger partial charge in [0.2, 0.25) is 0 Å². The van der Waals surface area contributed by atoms with Gasteiger partial charge in [0.1, 0.15) is 23.5 Å². The molecule has 1 aliphatic rings. The average molecular weight is 369 g/mol. The number of benzene rings is 1. The SMILES string of the molecule is Cc1cnn2ccc(N[C@H](C)c3cc(F)cc4c3O[C@@H](CCN=O)C4)nc12. The largest absolute Gasteiger partial charge is 0.489 e. The Morgan fingerprint density at radius 2 is 2.33 bits per heavy atom. The van der Waals surface area contributed by atoms with Crippen LogP contribution in [0.3, 0.4) is 0 Å². The highest BCUT2D eigenvalue weighted by molar-refractivity contribution is 5.53. The van der Waals surface area contributed by atoms with Crippen molar-refractivity contribution in [1.82, 2.24) is 14.6 Å². The highest BCUT2D eigenvalue weighted by Gasteiger charge is 2.28. The summed E-state index contributed by atoms with van der Waals surface area (Å²) in [7, 11) is 0. The van der Waals surface area contributed by atoms with Crippen LogP contribution in [0.2, 0.25) is 0 Å². The van der Waals surface area contributed by atoms with E-state index >= 15 is 0 Å². The molecule has 1 aliphatic heterocycles. The van der Waals surface area contributed by atoms with Crippen LogP contribution in [0.1, 0.15) is 36.1 Å². The van der Waals surface area contributed by atoms with Crippen molar-refractivity contribution >= 4 is 11.5 Å². The second-order valence-corrected chi connectivity index (χ2v) is 6.84. The van der Waals surface area contributed by atoms with Gasteiger partial charge in [-0.3, -0.25) is 0 Å². The van der Waals surface area contributed by atoms with Crippen LogP contribution in [0.15, 0.2) is 35.8 Å². The van der Waals surface area contributed by atoms with Crippen molar-refractivity contribution < 1.29 is 9.13 Å². The number of ether oxygens (including phenoxy) is 1. The average Bonchev–Trinajstić information content (AvgIpc) is 3.22. The van der Waals surface area contributed by atoms with E-state index in [2.05, 4.69) is 20.6 Å². The number of fused-ring (bicyclic) bond motifs is 2. The van der Waals surface area contributed by atoms with Crippen LogP contribution in [-0.4, -0.2) is 27.2 Å². The first-order chi connectivity index (χ1) is 13.0. The zero-order valence-electron chi connectivity index (χ0n) is 15.1. The number of halogens is 1. The number of hydrogen-bond acceptors (Lipinski definition) is 6. The molecule has 3 heterocycles. The Bertz CT molecular complexity index is 1000. The molecule has 0 saturated carbocycles. The fourth-order valence-electron chi connectivity index (χ4n) is 3.46. The summed E-state index contributed by atoms with van der Waals surface area (Å²) in [4.78, 5) is 15.0. The molecule has 8 heteroatoms. The third-order valence-corrected chi connectivity index (χ3v) is 4.81. The van der Waals surface area contributed by atoms with E-state index in [1.807, 2.05) is 26.1 Å². The molecule has 0 radical (unpaired) electrons. The zero-order chi connectivity index (χ0) is 19.0. The van der Waals surface area contributed by atoms with Gasteiger partial charge in [0.05, 0.1) is 18.8 Å². The van der Waals surface area contributed by atoms with Crippen molar-refractivity contribution in [3.05, 3.63) is 58.0 Å². The van der Waals surface area contributed by atoms with Crippen molar-refractivity contribution in [2.45, 2.75) is 38.8 Å². The molecule has 0 bridgehead atoms. The lowest BCUT2D eigenvalue weighted by Gasteiger charge is -2.19. The minimum Gasteiger partial charge on any atom is -0.489 e. The molecule has 0 amide bonds. The van der Waals surface area contributed by atoms with Gasteiger partial charge >= 0.3 is 0 Å². The molecule has 0 saturated heterocycles. The Balaban J connectivity index is 1.59. The van der Waals surface area contributed by atoms with Crippen LogP contribution in [0, 0.1) is 17.6 Å². The van der Waals surface area contributed by atoms with Gasteiger partial charge < -0.3 is 10.1 Å². The van der Waals surface area contributed by atoms with Gasteiger partial charge in [-0.15, -0.1) is 0 Å². The van der Waals surface area contributed by atoms with Gasteiger partial charge in [0.25, 0.3) is 0 Å².